The largest absolute Gasteiger partial charge is 0.505 e. The highest BCUT2D eigenvalue weighted by Gasteiger charge is 2.32. The van der Waals surface area contributed by atoms with Crippen LogP contribution in [-0.2, 0) is 23.9 Å². The van der Waals surface area contributed by atoms with E-state index < -0.39 is 35.5 Å². The van der Waals surface area contributed by atoms with E-state index in [9.17, 15) is 41.4 Å². The number of carbonyl (C=O) groups excluding carboxylic acids is 2. The molecule has 2 N–H and O–H groups in total. The number of aromatic nitrogens is 5. The van der Waals surface area contributed by atoms with Crippen LogP contribution in [0, 0.1) is 6.92 Å². The van der Waals surface area contributed by atoms with Gasteiger partial charge in [0.05, 0.1) is 17.8 Å². The normalized spacial score (nSPS) is 15.7. The third-order valence-electron chi connectivity index (χ3n) is 9.14. The average Bonchev–Trinajstić information content (AvgIpc) is 3.56. The van der Waals surface area contributed by atoms with Gasteiger partial charge in [0.15, 0.2) is 11.5 Å². The third kappa shape index (κ3) is 7.46. The topological polar surface area (TPSA) is 141 Å². The zero-order valence-corrected chi connectivity index (χ0v) is 28.3. The Labute approximate surface area is 294 Å². The monoisotopic (exact) mass is 729 g/mol. The number of aromatic hydroxyl groups is 1. The first-order valence-electron chi connectivity index (χ1n) is 16.6. The van der Waals surface area contributed by atoms with Crippen molar-refractivity contribution >= 4 is 34.5 Å². The number of hydrogen-bond donors (Lipinski definition) is 2. The Bertz CT molecular complexity index is 2090. The molecule has 18 heteroatoms. The van der Waals surface area contributed by atoms with Gasteiger partial charge in [0.1, 0.15) is 18.0 Å². The molecular formula is C34H36F5N9O4. The van der Waals surface area contributed by atoms with Crippen LogP contribution in [-0.4, -0.2) is 103 Å². The number of nitrogens with zero attached hydrogens (tertiary/aromatic N) is 8. The van der Waals surface area contributed by atoms with E-state index >= 15 is 0 Å². The Morgan fingerprint density at radius 1 is 1.08 bits per heavy atom. The second kappa shape index (κ2) is 14.7. The molecule has 52 heavy (non-hydrogen) atoms. The summed E-state index contributed by atoms with van der Waals surface area (Å²) in [6, 6.07) is 5.86. The fourth-order valence-electron chi connectivity index (χ4n) is 6.50. The van der Waals surface area contributed by atoms with Crippen LogP contribution in [0.2, 0.25) is 0 Å². The zero-order valence-electron chi connectivity index (χ0n) is 28.3. The molecule has 0 saturated carbocycles. The zero-order chi connectivity index (χ0) is 37.3. The second-order valence-electron chi connectivity index (χ2n) is 12.5. The highest BCUT2D eigenvalue weighted by molar-refractivity contribution is 5.95. The standard InChI is InChI=1S/C34H36F5N9O4/c1-3-24-29(45-13-15-46(16-14-45)31(51)28-25(49)5-4-10-40-28)32(52)48-33(42-30(43-48)21-8-11-44(12-9-21)18-26(35)36)47(24)19-27(50)41-23-7-6-22(17-20(23)2)34(37,38)39/h4-8,10,17,26,49H,3,9,11-16,18-19H2,1-2H3,(H,41,50). The SMILES string of the molecule is CCc1c(N2CCN(C(=O)c3ncccc3O)CC2)c(=O)n2nc(C3=CCN(CC(F)F)CC3)nc2n1CC(=O)Nc1ccc(C(F)(F)F)cc1C. The molecule has 2 aliphatic rings. The lowest BCUT2D eigenvalue weighted by Gasteiger charge is -2.36. The summed E-state index contributed by atoms with van der Waals surface area (Å²) in [6.07, 6.45) is -3.30. The molecule has 13 nitrogen and oxygen atoms in total. The van der Waals surface area contributed by atoms with E-state index in [1.54, 1.807) is 22.8 Å². The minimum atomic E-state index is -4.55. The summed E-state index contributed by atoms with van der Waals surface area (Å²) in [5.74, 6) is -1.06. The summed E-state index contributed by atoms with van der Waals surface area (Å²) in [4.78, 5) is 54.4. The number of halogens is 5. The lowest BCUT2D eigenvalue weighted by molar-refractivity contribution is -0.137. The minimum Gasteiger partial charge on any atom is -0.505 e. The van der Waals surface area contributed by atoms with Gasteiger partial charge < -0.3 is 24.8 Å². The van der Waals surface area contributed by atoms with Crippen molar-refractivity contribution in [2.45, 2.75) is 45.8 Å². The van der Waals surface area contributed by atoms with Crippen molar-refractivity contribution in [2.24, 2.45) is 0 Å². The maximum absolute atomic E-state index is 14.2. The summed E-state index contributed by atoms with van der Waals surface area (Å²) >= 11 is 0. The van der Waals surface area contributed by atoms with Gasteiger partial charge in [-0.1, -0.05) is 13.0 Å². The number of hydrogen-bond acceptors (Lipinski definition) is 9. The van der Waals surface area contributed by atoms with Gasteiger partial charge in [-0.3, -0.25) is 19.3 Å². The number of anilines is 2. The van der Waals surface area contributed by atoms with E-state index in [0.29, 0.717) is 24.2 Å². The third-order valence-corrected chi connectivity index (χ3v) is 9.14. The Morgan fingerprint density at radius 3 is 2.44 bits per heavy atom. The number of benzene rings is 1. The van der Waals surface area contributed by atoms with Crippen molar-refractivity contribution in [3.05, 3.63) is 81.3 Å². The van der Waals surface area contributed by atoms with Crippen LogP contribution < -0.4 is 15.8 Å². The fourth-order valence-corrected chi connectivity index (χ4v) is 6.50. The van der Waals surface area contributed by atoms with Crippen molar-refractivity contribution in [3.63, 3.8) is 0 Å². The number of piperazine rings is 1. The summed E-state index contributed by atoms with van der Waals surface area (Å²) < 4.78 is 68.4. The molecule has 0 spiro atoms. The molecule has 276 valence electrons. The van der Waals surface area contributed by atoms with Crippen molar-refractivity contribution in [2.75, 3.05) is 56.0 Å². The number of nitrogens with one attached hydrogen (secondary N) is 1. The minimum absolute atomic E-state index is 0.0512. The Hall–Kier alpha value is -5.39. The van der Waals surface area contributed by atoms with Gasteiger partial charge in [0.2, 0.25) is 11.7 Å². The molecule has 3 aromatic heterocycles. The molecular weight excluding hydrogens is 693 g/mol. The van der Waals surface area contributed by atoms with Crippen LogP contribution in [0.3, 0.4) is 0 Å². The van der Waals surface area contributed by atoms with Crippen molar-refractivity contribution < 1.29 is 36.6 Å². The second-order valence-corrected chi connectivity index (χ2v) is 12.5. The van der Waals surface area contributed by atoms with E-state index in [1.165, 1.54) is 40.8 Å². The number of carbonyl (C=O) groups is 2. The highest BCUT2D eigenvalue weighted by Crippen LogP contribution is 2.32. The smallest absolute Gasteiger partial charge is 0.416 e. The molecule has 1 saturated heterocycles. The van der Waals surface area contributed by atoms with Crippen molar-refractivity contribution in [1.82, 2.24) is 33.9 Å². The molecule has 0 unspecified atom stereocenters. The van der Waals surface area contributed by atoms with E-state index in [0.717, 1.165) is 16.6 Å². The first-order chi connectivity index (χ1) is 24.7. The number of fused-ring (bicyclic) bond motifs is 1. The predicted octanol–water partition coefficient (Wildman–Crippen LogP) is 3.84. The van der Waals surface area contributed by atoms with E-state index in [1.807, 2.05) is 0 Å². The molecule has 2 aliphatic heterocycles. The molecule has 0 aliphatic carbocycles. The van der Waals surface area contributed by atoms with E-state index in [2.05, 4.69) is 20.4 Å². The number of alkyl halides is 5. The molecule has 6 rings (SSSR count). The summed E-state index contributed by atoms with van der Waals surface area (Å²) in [6.45, 7) is 3.86. The number of amides is 2. The van der Waals surface area contributed by atoms with Crippen LogP contribution in [0.4, 0.5) is 33.3 Å². The summed E-state index contributed by atoms with van der Waals surface area (Å²) in [5, 5.41) is 17.3. The van der Waals surface area contributed by atoms with E-state index in [-0.39, 0.29) is 92.2 Å². The molecule has 0 radical (unpaired) electrons. The summed E-state index contributed by atoms with van der Waals surface area (Å²) in [5.41, 5.74) is 0.243. The van der Waals surface area contributed by atoms with Crippen LogP contribution >= 0.6 is 0 Å². The van der Waals surface area contributed by atoms with Crippen molar-refractivity contribution in [3.8, 4) is 5.75 Å². The number of rotatable bonds is 9. The van der Waals surface area contributed by atoms with Crippen LogP contribution in [0.1, 0.15) is 46.5 Å². The van der Waals surface area contributed by atoms with Gasteiger partial charge in [-0.25, -0.2) is 13.8 Å². The van der Waals surface area contributed by atoms with Crippen LogP contribution in [0.5, 0.6) is 5.75 Å². The molecule has 1 aromatic carbocycles. The van der Waals surface area contributed by atoms with Gasteiger partial charge in [-0.2, -0.15) is 22.7 Å². The van der Waals surface area contributed by atoms with Gasteiger partial charge in [0.25, 0.3) is 17.9 Å². The van der Waals surface area contributed by atoms with Crippen LogP contribution in [0.15, 0.2) is 47.4 Å². The Kier molecular flexibility index (Phi) is 10.3. The number of pyridine rings is 1. The lowest BCUT2D eigenvalue weighted by Crippen LogP contribution is -2.51. The van der Waals surface area contributed by atoms with Gasteiger partial charge >= 0.3 is 6.18 Å². The highest BCUT2D eigenvalue weighted by atomic mass is 19.4. The summed E-state index contributed by atoms with van der Waals surface area (Å²) in [7, 11) is 0. The maximum atomic E-state index is 14.2. The Balaban J connectivity index is 1.35. The van der Waals surface area contributed by atoms with E-state index in [4.69, 9.17) is 0 Å². The first kappa shape index (κ1) is 36.4. The lowest BCUT2D eigenvalue weighted by atomic mass is 10.1. The predicted molar refractivity (Wildman–Crippen MR) is 180 cm³/mol. The van der Waals surface area contributed by atoms with Gasteiger partial charge in [-0.05, 0) is 61.2 Å². The molecule has 4 aromatic rings. The molecule has 1 fully saturated rings. The average molecular weight is 730 g/mol. The van der Waals surface area contributed by atoms with Crippen molar-refractivity contribution in [1.29, 1.82) is 0 Å². The molecule has 5 heterocycles. The fraction of sp³-hybridized carbons (Fsp3) is 0.412. The van der Waals surface area contributed by atoms with Gasteiger partial charge in [0, 0.05) is 51.2 Å². The number of aryl methyl sites for hydroxylation is 1. The molecule has 0 atom stereocenters. The quantitative estimate of drug-likeness (QED) is 0.246. The molecule has 0 bridgehead atoms. The van der Waals surface area contributed by atoms with Gasteiger partial charge in [-0.15, -0.1) is 5.10 Å². The maximum Gasteiger partial charge on any atom is 0.416 e. The first-order valence-corrected chi connectivity index (χ1v) is 16.6. The molecule has 2 amide bonds. The Morgan fingerprint density at radius 2 is 1.83 bits per heavy atom. The van der Waals surface area contributed by atoms with Crippen LogP contribution in [0.25, 0.3) is 11.4 Å².